The van der Waals surface area contributed by atoms with Gasteiger partial charge in [-0.3, -0.25) is 9.69 Å². The minimum absolute atomic E-state index is 0. The normalized spacial score (nSPS) is 20.4. The van der Waals surface area contributed by atoms with Crippen LogP contribution in [0.1, 0.15) is 53.0 Å². The second-order valence-corrected chi connectivity index (χ2v) is 11.1. The molecule has 238 valence electrons. The van der Waals surface area contributed by atoms with Crippen LogP contribution in [0.15, 0.2) is 36.4 Å². The average Bonchev–Trinajstić information content (AvgIpc) is 2.91. The van der Waals surface area contributed by atoms with Gasteiger partial charge >= 0.3 is 18.4 Å². The SMILES string of the molecule is Cc1cc(F)ccc1[C@@H]1CN(C2CCN(C(=O)O)CC2)CC[C@H]1C(=O)N(C)Cc1cc(C(F)(F)F)cc(C(F)(F)F)c1.Cl. The molecule has 43 heavy (non-hydrogen) atoms. The van der Waals surface area contributed by atoms with Crippen LogP contribution in [0.3, 0.4) is 0 Å². The number of aryl methyl sites for hydroxylation is 1. The van der Waals surface area contributed by atoms with Gasteiger partial charge in [-0.1, -0.05) is 6.07 Å². The lowest BCUT2D eigenvalue weighted by molar-refractivity contribution is -0.143. The van der Waals surface area contributed by atoms with Crippen LogP contribution in [0, 0.1) is 18.7 Å². The first-order chi connectivity index (χ1) is 19.5. The van der Waals surface area contributed by atoms with Crippen LogP contribution in [0.4, 0.5) is 35.5 Å². The number of benzene rings is 2. The molecule has 2 aromatic rings. The van der Waals surface area contributed by atoms with Gasteiger partial charge in [0.15, 0.2) is 0 Å². The average molecular weight is 640 g/mol. The highest BCUT2D eigenvalue weighted by molar-refractivity contribution is 5.85. The number of carboxylic acid groups (broad SMARTS) is 1. The van der Waals surface area contributed by atoms with Gasteiger partial charge in [-0.05, 0) is 79.8 Å². The van der Waals surface area contributed by atoms with Gasteiger partial charge in [0.1, 0.15) is 5.82 Å². The Balaban J connectivity index is 0.00000506. The number of amides is 2. The molecule has 1 N–H and O–H groups in total. The highest BCUT2D eigenvalue weighted by Crippen LogP contribution is 2.39. The van der Waals surface area contributed by atoms with E-state index in [1.807, 2.05) is 0 Å². The molecule has 2 aromatic carbocycles. The van der Waals surface area contributed by atoms with E-state index in [1.165, 1.54) is 24.1 Å². The fraction of sp³-hybridized carbons (Fsp3) is 0.517. The molecule has 4 rings (SSSR count). The smallest absolute Gasteiger partial charge is 0.416 e. The molecule has 2 aliphatic heterocycles. The molecule has 2 heterocycles. The molecule has 6 nitrogen and oxygen atoms in total. The summed E-state index contributed by atoms with van der Waals surface area (Å²) in [5.74, 6) is -1.95. The number of carbonyl (C=O) groups excluding carboxylic acids is 1. The predicted molar refractivity (Wildman–Crippen MR) is 146 cm³/mol. The van der Waals surface area contributed by atoms with Crippen molar-refractivity contribution in [3.05, 3.63) is 70.0 Å². The van der Waals surface area contributed by atoms with E-state index in [0.29, 0.717) is 63.1 Å². The van der Waals surface area contributed by atoms with E-state index in [0.717, 1.165) is 10.5 Å². The number of piperidine rings is 2. The number of nitrogens with zero attached hydrogens (tertiary/aromatic N) is 3. The number of likely N-dealkylation sites (tertiary alicyclic amines) is 2. The highest BCUT2D eigenvalue weighted by atomic mass is 35.5. The van der Waals surface area contributed by atoms with Gasteiger partial charge in [-0.2, -0.15) is 26.3 Å². The van der Waals surface area contributed by atoms with Crippen molar-refractivity contribution in [2.75, 3.05) is 33.2 Å². The van der Waals surface area contributed by atoms with E-state index < -0.39 is 59.7 Å². The van der Waals surface area contributed by atoms with Gasteiger partial charge in [0.05, 0.1) is 11.1 Å². The van der Waals surface area contributed by atoms with Gasteiger partial charge in [0.2, 0.25) is 5.91 Å². The third-order valence-corrected chi connectivity index (χ3v) is 8.29. The van der Waals surface area contributed by atoms with Crippen LogP contribution in [0.2, 0.25) is 0 Å². The van der Waals surface area contributed by atoms with Crippen molar-refractivity contribution in [2.24, 2.45) is 5.92 Å². The van der Waals surface area contributed by atoms with Gasteiger partial charge in [-0.15, -0.1) is 12.4 Å². The van der Waals surface area contributed by atoms with E-state index in [9.17, 15) is 45.4 Å². The second kappa shape index (κ2) is 13.3. The lowest BCUT2D eigenvalue weighted by Crippen LogP contribution is -2.52. The maximum atomic E-state index is 13.9. The van der Waals surface area contributed by atoms with E-state index >= 15 is 0 Å². The zero-order chi connectivity index (χ0) is 31.0. The molecule has 2 aliphatic rings. The molecule has 0 bridgehead atoms. The van der Waals surface area contributed by atoms with Crippen molar-refractivity contribution in [1.82, 2.24) is 14.7 Å². The van der Waals surface area contributed by atoms with Crippen molar-refractivity contribution in [1.29, 1.82) is 0 Å². The number of rotatable bonds is 5. The number of hydrogen-bond donors (Lipinski definition) is 1. The highest BCUT2D eigenvalue weighted by Gasteiger charge is 2.41. The zero-order valence-corrected chi connectivity index (χ0v) is 24.3. The Hall–Kier alpha value is -3.06. The maximum Gasteiger partial charge on any atom is 0.416 e. The Morgan fingerprint density at radius 1 is 0.930 bits per heavy atom. The van der Waals surface area contributed by atoms with Crippen LogP contribution in [-0.4, -0.2) is 71.1 Å². The topological polar surface area (TPSA) is 64.1 Å². The predicted octanol–water partition coefficient (Wildman–Crippen LogP) is 6.80. The summed E-state index contributed by atoms with van der Waals surface area (Å²) < 4.78 is 94.2. The second-order valence-electron chi connectivity index (χ2n) is 11.1. The quantitative estimate of drug-likeness (QED) is 0.366. The Morgan fingerprint density at radius 3 is 2.02 bits per heavy atom. The summed E-state index contributed by atoms with van der Waals surface area (Å²) in [6, 6.07) is 5.61. The van der Waals surface area contributed by atoms with Gasteiger partial charge in [0.25, 0.3) is 0 Å². The summed E-state index contributed by atoms with van der Waals surface area (Å²) in [6.07, 6.45) is -9.41. The molecule has 0 aliphatic carbocycles. The number of carbonyl (C=O) groups is 2. The van der Waals surface area contributed by atoms with Gasteiger partial charge in [0, 0.05) is 51.1 Å². The van der Waals surface area contributed by atoms with E-state index in [-0.39, 0.29) is 30.1 Å². The zero-order valence-electron chi connectivity index (χ0n) is 23.5. The van der Waals surface area contributed by atoms with E-state index in [1.54, 1.807) is 13.0 Å². The number of alkyl halides is 6. The first kappa shape index (κ1) is 34.4. The first-order valence-electron chi connectivity index (χ1n) is 13.6. The molecule has 2 amide bonds. The molecule has 0 unspecified atom stereocenters. The van der Waals surface area contributed by atoms with Crippen molar-refractivity contribution >= 4 is 24.4 Å². The fourth-order valence-corrected chi connectivity index (χ4v) is 6.14. The molecule has 2 atom stereocenters. The molecule has 0 radical (unpaired) electrons. The molecule has 0 spiro atoms. The Morgan fingerprint density at radius 2 is 1.51 bits per heavy atom. The van der Waals surface area contributed by atoms with E-state index in [2.05, 4.69) is 4.90 Å². The molecular formula is C29H33ClF7N3O3. The molecule has 0 aromatic heterocycles. The number of hydrogen-bond acceptors (Lipinski definition) is 3. The van der Waals surface area contributed by atoms with Crippen LogP contribution >= 0.6 is 12.4 Å². The lowest BCUT2D eigenvalue weighted by atomic mass is 9.77. The van der Waals surface area contributed by atoms with Gasteiger partial charge in [-0.25, -0.2) is 9.18 Å². The monoisotopic (exact) mass is 639 g/mol. The van der Waals surface area contributed by atoms with Crippen LogP contribution in [0.5, 0.6) is 0 Å². The minimum Gasteiger partial charge on any atom is -0.465 e. The molecule has 0 saturated carbocycles. The largest absolute Gasteiger partial charge is 0.465 e. The van der Waals surface area contributed by atoms with Gasteiger partial charge < -0.3 is 14.9 Å². The Bertz CT molecular complexity index is 1280. The summed E-state index contributed by atoms with van der Waals surface area (Å²) in [6.45, 7) is 2.91. The Kier molecular flexibility index (Phi) is 10.6. The molecule has 2 fully saturated rings. The van der Waals surface area contributed by atoms with E-state index in [4.69, 9.17) is 0 Å². The summed E-state index contributed by atoms with van der Waals surface area (Å²) >= 11 is 0. The summed E-state index contributed by atoms with van der Waals surface area (Å²) in [4.78, 5) is 29.7. The van der Waals surface area contributed by atoms with Crippen LogP contribution < -0.4 is 0 Å². The summed E-state index contributed by atoms with van der Waals surface area (Å²) in [5, 5.41) is 9.27. The summed E-state index contributed by atoms with van der Waals surface area (Å²) in [5.41, 5.74) is -1.85. The fourth-order valence-electron chi connectivity index (χ4n) is 6.14. The van der Waals surface area contributed by atoms with Crippen LogP contribution in [-0.2, 0) is 23.7 Å². The molecule has 14 heteroatoms. The Labute approximate surface area is 250 Å². The lowest BCUT2D eigenvalue weighted by Gasteiger charge is -2.45. The standard InChI is InChI=1S/C29H32F7N3O3.ClH/c1-17-11-21(30)3-4-23(17)25-16-39(22-5-8-38(9-6-22)27(41)42)10-7-24(25)26(40)37(2)15-18-12-19(28(31,32)33)14-20(13-18)29(34,35)36;/h3-4,11-14,22,24-25H,5-10,15-16H2,1-2H3,(H,41,42);1H/t24-,25+;/m1./s1. The first-order valence-corrected chi connectivity index (χ1v) is 13.6. The van der Waals surface area contributed by atoms with Crippen molar-refractivity contribution in [3.63, 3.8) is 0 Å². The minimum atomic E-state index is -5.00. The van der Waals surface area contributed by atoms with Crippen LogP contribution in [0.25, 0.3) is 0 Å². The van der Waals surface area contributed by atoms with Crippen molar-refractivity contribution in [3.8, 4) is 0 Å². The summed E-state index contributed by atoms with van der Waals surface area (Å²) in [7, 11) is 1.35. The third-order valence-electron chi connectivity index (χ3n) is 8.29. The number of halogens is 8. The molecule has 2 saturated heterocycles. The van der Waals surface area contributed by atoms with Crippen molar-refractivity contribution < 1.29 is 45.4 Å². The van der Waals surface area contributed by atoms with Crippen molar-refractivity contribution in [2.45, 2.75) is 57.0 Å². The third kappa shape index (κ3) is 8.11. The maximum absolute atomic E-state index is 13.9. The molecular weight excluding hydrogens is 607 g/mol.